The molecule has 1 aliphatic heterocycles. The van der Waals surface area contributed by atoms with Crippen molar-refractivity contribution in [3.8, 4) is 0 Å². The molecule has 100 valence electrons. The van der Waals surface area contributed by atoms with Gasteiger partial charge < -0.3 is 4.90 Å². The highest BCUT2D eigenvalue weighted by Crippen LogP contribution is 2.31. The molecule has 0 radical (unpaired) electrons. The zero-order valence-electron chi connectivity index (χ0n) is 11.1. The average Bonchev–Trinajstić information content (AvgIpc) is 2.80. The minimum absolute atomic E-state index is 0.188. The van der Waals surface area contributed by atoms with Crippen LogP contribution in [0, 0.1) is 5.92 Å². The lowest BCUT2D eigenvalue weighted by molar-refractivity contribution is -0.117. The van der Waals surface area contributed by atoms with E-state index in [9.17, 15) is 9.59 Å². The van der Waals surface area contributed by atoms with Crippen molar-refractivity contribution >= 4 is 17.4 Å². The fraction of sp³-hybridized carbons (Fsp3) is 0.500. The Morgan fingerprint density at radius 1 is 1.16 bits per heavy atom. The van der Waals surface area contributed by atoms with E-state index >= 15 is 0 Å². The Labute approximate surface area is 113 Å². The van der Waals surface area contributed by atoms with Crippen molar-refractivity contribution in [1.29, 1.82) is 0 Å². The Hall–Kier alpha value is -1.64. The lowest BCUT2D eigenvalue weighted by Gasteiger charge is -2.24. The molecule has 2 aliphatic rings. The Bertz CT molecular complexity index is 488. The van der Waals surface area contributed by atoms with E-state index in [-0.39, 0.29) is 11.7 Å². The first-order chi connectivity index (χ1) is 9.24. The first-order valence-electron chi connectivity index (χ1n) is 7.17. The third kappa shape index (κ3) is 2.55. The van der Waals surface area contributed by atoms with Crippen molar-refractivity contribution in [2.45, 2.75) is 38.5 Å². The largest absolute Gasteiger partial charge is 0.312 e. The van der Waals surface area contributed by atoms with Crippen LogP contribution in [-0.4, -0.2) is 18.2 Å². The minimum atomic E-state index is 0.188. The summed E-state index contributed by atoms with van der Waals surface area (Å²) in [7, 11) is 0. The third-order valence-corrected chi connectivity index (χ3v) is 4.27. The lowest BCUT2D eigenvalue weighted by atomic mass is 9.81. The number of ketones is 1. The molecule has 1 heterocycles. The molecule has 1 aromatic carbocycles. The summed E-state index contributed by atoms with van der Waals surface area (Å²) in [6, 6.07) is 7.53. The Balaban J connectivity index is 1.67. The van der Waals surface area contributed by atoms with Gasteiger partial charge in [-0.25, -0.2) is 0 Å². The fourth-order valence-electron chi connectivity index (χ4n) is 2.83. The number of amides is 1. The highest BCUT2D eigenvalue weighted by atomic mass is 16.2. The molecule has 1 saturated carbocycles. The molecule has 3 nitrogen and oxygen atoms in total. The summed E-state index contributed by atoms with van der Waals surface area (Å²) in [6.45, 7) is 0.800. The van der Waals surface area contributed by atoms with Crippen LogP contribution in [0.5, 0.6) is 0 Å². The summed E-state index contributed by atoms with van der Waals surface area (Å²) in [5.74, 6) is 1.03. The van der Waals surface area contributed by atoms with Gasteiger partial charge in [-0.15, -0.1) is 0 Å². The number of carbonyl (C=O) groups is 2. The molecule has 0 bridgehead atoms. The van der Waals surface area contributed by atoms with Gasteiger partial charge in [0.1, 0.15) is 0 Å². The summed E-state index contributed by atoms with van der Waals surface area (Å²) in [4.78, 5) is 25.5. The van der Waals surface area contributed by atoms with Crippen molar-refractivity contribution < 1.29 is 9.59 Å². The second-order valence-electron chi connectivity index (χ2n) is 5.62. The molecular weight excluding hydrogens is 238 g/mol. The minimum Gasteiger partial charge on any atom is -0.312 e. The summed E-state index contributed by atoms with van der Waals surface area (Å²) >= 11 is 0. The van der Waals surface area contributed by atoms with Crippen LogP contribution in [0.15, 0.2) is 24.3 Å². The predicted octanol–water partition coefficient (Wildman–Crippen LogP) is 3.19. The van der Waals surface area contributed by atoms with Crippen molar-refractivity contribution in [2.24, 2.45) is 5.92 Å². The molecule has 0 aromatic heterocycles. The summed E-state index contributed by atoms with van der Waals surface area (Å²) in [6.07, 6.45) is 5.93. The van der Waals surface area contributed by atoms with Crippen LogP contribution in [0.2, 0.25) is 0 Å². The maximum Gasteiger partial charge on any atom is 0.227 e. The molecule has 0 unspecified atom stereocenters. The van der Waals surface area contributed by atoms with E-state index < -0.39 is 0 Å². The van der Waals surface area contributed by atoms with E-state index in [2.05, 4.69) is 0 Å². The smallest absolute Gasteiger partial charge is 0.227 e. The number of benzene rings is 1. The normalized spacial score (nSPS) is 19.6. The van der Waals surface area contributed by atoms with Crippen molar-refractivity contribution in [2.75, 3.05) is 11.4 Å². The maximum atomic E-state index is 12.1. The third-order valence-electron chi connectivity index (χ3n) is 4.27. The van der Waals surface area contributed by atoms with Gasteiger partial charge in [0.25, 0.3) is 0 Å². The van der Waals surface area contributed by atoms with E-state index in [4.69, 9.17) is 0 Å². The van der Waals surface area contributed by atoms with Gasteiger partial charge in [0.2, 0.25) is 5.91 Å². The molecule has 1 aliphatic carbocycles. The fourth-order valence-corrected chi connectivity index (χ4v) is 2.83. The van der Waals surface area contributed by atoms with Crippen LogP contribution in [0.1, 0.15) is 48.9 Å². The maximum absolute atomic E-state index is 12.1. The zero-order chi connectivity index (χ0) is 13.2. The number of rotatable bonds is 4. The molecule has 1 aromatic rings. The van der Waals surface area contributed by atoms with Gasteiger partial charge in [0, 0.05) is 30.6 Å². The number of hydrogen-bond acceptors (Lipinski definition) is 2. The quantitative estimate of drug-likeness (QED) is 0.777. The van der Waals surface area contributed by atoms with Gasteiger partial charge in [0.15, 0.2) is 5.78 Å². The first kappa shape index (κ1) is 12.4. The molecule has 1 amide bonds. The first-order valence-corrected chi connectivity index (χ1v) is 7.17. The van der Waals surface area contributed by atoms with E-state index in [0.29, 0.717) is 18.8 Å². The van der Waals surface area contributed by atoms with Gasteiger partial charge in [-0.05, 0) is 36.6 Å². The van der Waals surface area contributed by atoms with Crippen LogP contribution in [-0.2, 0) is 4.79 Å². The summed E-state index contributed by atoms with van der Waals surface area (Å²) < 4.78 is 0. The molecule has 0 spiro atoms. The second kappa shape index (κ2) is 5.16. The lowest BCUT2D eigenvalue weighted by Crippen LogP contribution is -2.23. The van der Waals surface area contributed by atoms with Crippen LogP contribution in [0.3, 0.4) is 0 Å². The van der Waals surface area contributed by atoms with Gasteiger partial charge >= 0.3 is 0 Å². The highest BCUT2D eigenvalue weighted by molar-refractivity contribution is 5.98. The van der Waals surface area contributed by atoms with Gasteiger partial charge in [-0.1, -0.05) is 19.3 Å². The van der Waals surface area contributed by atoms with Gasteiger partial charge in [-0.2, -0.15) is 0 Å². The van der Waals surface area contributed by atoms with E-state index in [1.165, 1.54) is 19.3 Å². The molecule has 19 heavy (non-hydrogen) atoms. The van der Waals surface area contributed by atoms with Gasteiger partial charge in [0.05, 0.1) is 0 Å². The summed E-state index contributed by atoms with van der Waals surface area (Å²) in [5, 5.41) is 0. The van der Waals surface area contributed by atoms with Crippen molar-refractivity contribution in [1.82, 2.24) is 0 Å². The number of Topliss-reactive ketones (excluding diaryl/α,β-unsaturated/α-hetero) is 1. The van der Waals surface area contributed by atoms with E-state index in [1.807, 2.05) is 24.3 Å². The number of hydrogen-bond donors (Lipinski definition) is 0. The predicted molar refractivity (Wildman–Crippen MR) is 74.3 cm³/mol. The molecule has 0 atom stereocenters. The Morgan fingerprint density at radius 2 is 1.89 bits per heavy atom. The molecule has 2 fully saturated rings. The Morgan fingerprint density at radius 3 is 2.42 bits per heavy atom. The van der Waals surface area contributed by atoms with E-state index in [0.717, 1.165) is 24.2 Å². The highest BCUT2D eigenvalue weighted by Gasteiger charge is 2.23. The Kier molecular flexibility index (Phi) is 3.36. The monoisotopic (exact) mass is 257 g/mol. The van der Waals surface area contributed by atoms with Gasteiger partial charge in [-0.3, -0.25) is 9.59 Å². The molecule has 0 N–H and O–H groups in total. The van der Waals surface area contributed by atoms with Crippen molar-refractivity contribution in [3.63, 3.8) is 0 Å². The van der Waals surface area contributed by atoms with E-state index in [1.54, 1.807) is 4.90 Å². The molecule has 3 heteroatoms. The van der Waals surface area contributed by atoms with Crippen LogP contribution in [0.4, 0.5) is 5.69 Å². The number of carbonyl (C=O) groups excluding carboxylic acids is 2. The van der Waals surface area contributed by atoms with Crippen LogP contribution in [0.25, 0.3) is 0 Å². The topological polar surface area (TPSA) is 37.4 Å². The van der Waals surface area contributed by atoms with Crippen LogP contribution < -0.4 is 4.90 Å². The molecule has 3 rings (SSSR count). The summed E-state index contributed by atoms with van der Waals surface area (Å²) in [5.41, 5.74) is 1.70. The molecular formula is C16H19NO2. The molecule has 1 saturated heterocycles. The SMILES string of the molecule is O=C(CC1CCC1)c1ccc(N2CCCC2=O)cc1. The van der Waals surface area contributed by atoms with Crippen LogP contribution >= 0.6 is 0 Å². The van der Waals surface area contributed by atoms with Crippen molar-refractivity contribution in [3.05, 3.63) is 29.8 Å². The number of anilines is 1. The number of nitrogens with zero attached hydrogens (tertiary/aromatic N) is 1. The average molecular weight is 257 g/mol. The zero-order valence-corrected chi connectivity index (χ0v) is 11.1. The standard InChI is InChI=1S/C16H19NO2/c18-15(11-12-3-1-4-12)13-6-8-14(9-7-13)17-10-2-5-16(17)19/h6-9,12H,1-5,10-11H2. The second-order valence-corrected chi connectivity index (χ2v) is 5.62.